The predicted molar refractivity (Wildman–Crippen MR) is 70.2 cm³/mol. The zero-order valence-electron chi connectivity index (χ0n) is 10.3. The van der Waals surface area contributed by atoms with Crippen LogP contribution < -0.4 is 5.32 Å². The van der Waals surface area contributed by atoms with Gasteiger partial charge in [0.1, 0.15) is 5.82 Å². The van der Waals surface area contributed by atoms with Gasteiger partial charge in [-0.05, 0) is 43.0 Å². The first kappa shape index (κ1) is 12.3. The van der Waals surface area contributed by atoms with Gasteiger partial charge in [-0.2, -0.15) is 0 Å². The Labute approximate surface area is 103 Å². The van der Waals surface area contributed by atoms with E-state index in [0.29, 0.717) is 6.04 Å². The Bertz CT molecular complexity index is 369. The van der Waals surface area contributed by atoms with Crippen molar-refractivity contribution < 1.29 is 4.39 Å². The van der Waals surface area contributed by atoms with Gasteiger partial charge in [0, 0.05) is 6.04 Å². The van der Waals surface area contributed by atoms with Crippen molar-refractivity contribution in [2.75, 3.05) is 6.54 Å². The molecule has 0 spiro atoms. The van der Waals surface area contributed by atoms with Crippen LogP contribution in [0.4, 0.5) is 4.39 Å². The molecule has 0 saturated carbocycles. The average molecular weight is 233 g/mol. The van der Waals surface area contributed by atoms with Crippen LogP contribution in [0.15, 0.2) is 30.3 Å². The minimum Gasteiger partial charge on any atom is -0.310 e. The van der Waals surface area contributed by atoms with E-state index in [1.54, 1.807) is 0 Å². The Balaban J connectivity index is 1.93. The summed E-state index contributed by atoms with van der Waals surface area (Å²) in [6, 6.07) is 7.10. The van der Waals surface area contributed by atoms with E-state index in [0.717, 1.165) is 18.0 Å². The van der Waals surface area contributed by atoms with Crippen LogP contribution in [-0.2, 0) is 0 Å². The Morgan fingerprint density at radius 1 is 1.35 bits per heavy atom. The number of halogens is 1. The lowest BCUT2D eigenvalue weighted by molar-refractivity contribution is 0.326. The molecule has 0 aliphatic carbocycles. The molecule has 1 fully saturated rings. The maximum atomic E-state index is 12.7. The fraction of sp³-hybridized carbons (Fsp3) is 0.467. The van der Waals surface area contributed by atoms with E-state index in [1.807, 2.05) is 12.1 Å². The number of benzene rings is 1. The molecule has 17 heavy (non-hydrogen) atoms. The molecule has 1 N–H and O–H groups in total. The van der Waals surface area contributed by atoms with Gasteiger partial charge < -0.3 is 5.32 Å². The standard InChI is InChI=1S/C15H20FN/c1-2-12-9-10-17-15(11-12)8-5-13-3-6-14(16)7-4-13/h3-8,12,15,17H,2,9-11H2,1H3/b8-5+. The fourth-order valence-corrected chi connectivity index (χ4v) is 2.35. The van der Waals surface area contributed by atoms with Crippen LogP contribution in [0.25, 0.3) is 6.08 Å². The van der Waals surface area contributed by atoms with Gasteiger partial charge in [0.25, 0.3) is 0 Å². The van der Waals surface area contributed by atoms with Crippen LogP contribution >= 0.6 is 0 Å². The van der Waals surface area contributed by atoms with E-state index < -0.39 is 0 Å². The van der Waals surface area contributed by atoms with Gasteiger partial charge in [-0.1, -0.05) is 37.6 Å². The van der Waals surface area contributed by atoms with Crippen molar-refractivity contribution in [1.29, 1.82) is 0 Å². The maximum Gasteiger partial charge on any atom is 0.123 e. The van der Waals surface area contributed by atoms with Crippen LogP contribution in [-0.4, -0.2) is 12.6 Å². The summed E-state index contributed by atoms with van der Waals surface area (Å²) < 4.78 is 12.7. The Kier molecular flexibility index (Phi) is 4.32. The minimum atomic E-state index is -0.177. The number of rotatable bonds is 3. The molecule has 1 aromatic rings. The molecule has 1 aliphatic heterocycles. The van der Waals surface area contributed by atoms with Crippen molar-refractivity contribution in [2.24, 2.45) is 5.92 Å². The number of hydrogen-bond donors (Lipinski definition) is 1. The van der Waals surface area contributed by atoms with Crippen molar-refractivity contribution in [2.45, 2.75) is 32.2 Å². The normalized spacial score (nSPS) is 25.3. The van der Waals surface area contributed by atoms with Gasteiger partial charge in [0.05, 0.1) is 0 Å². The third-order valence-electron chi connectivity index (χ3n) is 3.51. The molecule has 1 heterocycles. The molecule has 0 radical (unpaired) electrons. The third-order valence-corrected chi connectivity index (χ3v) is 3.51. The summed E-state index contributed by atoms with van der Waals surface area (Å²) in [5.74, 6) is 0.670. The molecule has 1 aliphatic rings. The maximum absolute atomic E-state index is 12.7. The second-order valence-corrected chi connectivity index (χ2v) is 4.77. The molecule has 1 aromatic carbocycles. The zero-order chi connectivity index (χ0) is 12.1. The lowest BCUT2D eigenvalue weighted by atomic mass is 9.90. The van der Waals surface area contributed by atoms with E-state index >= 15 is 0 Å². The molecular formula is C15H20FN. The van der Waals surface area contributed by atoms with E-state index in [-0.39, 0.29) is 5.82 Å². The summed E-state index contributed by atoms with van der Waals surface area (Å²) in [5, 5.41) is 3.50. The lowest BCUT2D eigenvalue weighted by Crippen LogP contribution is -2.36. The topological polar surface area (TPSA) is 12.0 Å². The van der Waals surface area contributed by atoms with Gasteiger partial charge in [-0.15, -0.1) is 0 Å². The van der Waals surface area contributed by atoms with Gasteiger partial charge in [0.2, 0.25) is 0 Å². The highest BCUT2D eigenvalue weighted by atomic mass is 19.1. The molecule has 2 rings (SSSR count). The second kappa shape index (κ2) is 5.97. The van der Waals surface area contributed by atoms with E-state index in [2.05, 4.69) is 24.4 Å². The quantitative estimate of drug-likeness (QED) is 0.841. The van der Waals surface area contributed by atoms with E-state index in [9.17, 15) is 4.39 Å². The predicted octanol–water partition coefficient (Wildman–Crippen LogP) is 3.62. The molecule has 0 bridgehead atoms. The van der Waals surface area contributed by atoms with Crippen molar-refractivity contribution in [3.8, 4) is 0 Å². The van der Waals surface area contributed by atoms with Crippen LogP contribution in [0.5, 0.6) is 0 Å². The van der Waals surface area contributed by atoms with Crippen LogP contribution in [0, 0.1) is 11.7 Å². The summed E-state index contributed by atoms with van der Waals surface area (Å²) in [7, 11) is 0. The van der Waals surface area contributed by atoms with Crippen molar-refractivity contribution >= 4 is 6.08 Å². The third kappa shape index (κ3) is 3.67. The fourth-order valence-electron chi connectivity index (χ4n) is 2.35. The minimum absolute atomic E-state index is 0.177. The molecule has 92 valence electrons. The monoisotopic (exact) mass is 233 g/mol. The molecule has 2 unspecified atom stereocenters. The molecule has 1 nitrogen and oxygen atoms in total. The highest BCUT2D eigenvalue weighted by Gasteiger charge is 2.17. The second-order valence-electron chi connectivity index (χ2n) is 4.77. The van der Waals surface area contributed by atoms with Crippen molar-refractivity contribution in [3.63, 3.8) is 0 Å². The Morgan fingerprint density at radius 3 is 2.82 bits per heavy atom. The summed E-state index contributed by atoms with van der Waals surface area (Å²) in [5.41, 5.74) is 1.06. The first-order chi connectivity index (χ1) is 8.28. The molecule has 0 aromatic heterocycles. The molecule has 2 atom stereocenters. The highest BCUT2D eigenvalue weighted by molar-refractivity contribution is 5.49. The van der Waals surface area contributed by atoms with Crippen LogP contribution in [0.3, 0.4) is 0 Å². The van der Waals surface area contributed by atoms with Crippen LogP contribution in [0.1, 0.15) is 31.7 Å². The summed E-state index contributed by atoms with van der Waals surface area (Å²) in [4.78, 5) is 0. The summed E-state index contributed by atoms with van der Waals surface area (Å²) >= 11 is 0. The number of nitrogens with one attached hydrogen (secondary N) is 1. The average Bonchev–Trinajstić information content (AvgIpc) is 2.38. The summed E-state index contributed by atoms with van der Waals surface area (Å²) in [6.45, 7) is 3.37. The number of piperidine rings is 1. The smallest absolute Gasteiger partial charge is 0.123 e. The Hall–Kier alpha value is -1.15. The van der Waals surface area contributed by atoms with Gasteiger partial charge in [0.15, 0.2) is 0 Å². The SMILES string of the molecule is CCC1CCNC(/C=C/c2ccc(F)cc2)C1. The van der Waals surface area contributed by atoms with Gasteiger partial charge in [-0.25, -0.2) is 4.39 Å². The van der Waals surface area contributed by atoms with Gasteiger partial charge >= 0.3 is 0 Å². The van der Waals surface area contributed by atoms with E-state index in [1.165, 1.54) is 31.4 Å². The lowest BCUT2D eigenvalue weighted by Gasteiger charge is -2.27. The Morgan fingerprint density at radius 2 is 2.12 bits per heavy atom. The van der Waals surface area contributed by atoms with Gasteiger partial charge in [-0.3, -0.25) is 0 Å². The first-order valence-corrected chi connectivity index (χ1v) is 6.45. The summed E-state index contributed by atoms with van der Waals surface area (Å²) in [6.07, 6.45) is 8.05. The zero-order valence-corrected chi connectivity index (χ0v) is 10.3. The number of hydrogen-bond acceptors (Lipinski definition) is 1. The van der Waals surface area contributed by atoms with Crippen molar-refractivity contribution in [3.05, 3.63) is 41.7 Å². The molecular weight excluding hydrogens is 213 g/mol. The first-order valence-electron chi connectivity index (χ1n) is 6.45. The van der Waals surface area contributed by atoms with Crippen LogP contribution in [0.2, 0.25) is 0 Å². The highest BCUT2D eigenvalue weighted by Crippen LogP contribution is 2.20. The molecule has 2 heteroatoms. The van der Waals surface area contributed by atoms with E-state index in [4.69, 9.17) is 0 Å². The molecule has 0 amide bonds. The van der Waals surface area contributed by atoms with Crippen molar-refractivity contribution in [1.82, 2.24) is 5.32 Å². The molecule has 1 saturated heterocycles. The largest absolute Gasteiger partial charge is 0.310 e.